The molecule has 0 aromatic carbocycles. The summed E-state index contributed by atoms with van der Waals surface area (Å²) in [5, 5.41) is 20.6. The van der Waals surface area contributed by atoms with Crippen LogP contribution in [-0.2, 0) is 0 Å². The number of nitrogens with one attached hydrogen (secondary N) is 1. The van der Waals surface area contributed by atoms with E-state index in [0.29, 0.717) is 6.54 Å². The van der Waals surface area contributed by atoms with Gasteiger partial charge >= 0.3 is 0 Å². The second kappa shape index (κ2) is 7.14. The summed E-state index contributed by atoms with van der Waals surface area (Å²) in [5.41, 5.74) is 0. The first-order chi connectivity index (χ1) is 6.86. The summed E-state index contributed by atoms with van der Waals surface area (Å²) in [4.78, 5) is 4.53. The van der Waals surface area contributed by atoms with E-state index >= 15 is 0 Å². The standard InChI is InChI=1S/C9H21N3O2/c13-6-2-10-8-12-4-1-3-11(9-12)5-7-14/h10,13-14H,1-9H2. The molecule has 84 valence electrons. The Hall–Kier alpha value is -0.200. The van der Waals surface area contributed by atoms with Crippen molar-refractivity contribution in [3.8, 4) is 0 Å². The second-order valence-corrected chi connectivity index (χ2v) is 3.61. The van der Waals surface area contributed by atoms with Crippen LogP contribution >= 0.6 is 0 Å². The molecule has 1 aliphatic rings. The summed E-state index contributed by atoms with van der Waals surface area (Å²) in [6, 6.07) is 0. The van der Waals surface area contributed by atoms with Gasteiger partial charge in [-0.2, -0.15) is 0 Å². The molecule has 0 radical (unpaired) electrons. The first-order valence-electron chi connectivity index (χ1n) is 5.24. The van der Waals surface area contributed by atoms with Gasteiger partial charge in [0.05, 0.1) is 19.9 Å². The Labute approximate surface area is 85.3 Å². The Morgan fingerprint density at radius 1 is 1.07 bits per heavy atom. The van der Waals surface area contributed by atoms with Gasteiger partial charge < -0.3 is 15.5 Å². The van der Waals surface area contributed by atoms with E-state index in [2.05, 4.69) is 15.1 Å². The van der Waals surface area contributed by atoms with Gasteiger partial charge in [0.1, 0.15) is 0 Å². The molecule has 1 saturated heterocycles. The molecule has 0 saturated carbocycles. The molecule has 0 bridgehead atoms. The van der Waals surface area contributed by atoms with E-state index < -0.39 is 0 Å². The Balaban J connectivity index is 2.12. The van der Waals surface area contributed by atoms with Crippen molar-refractivity contribution in [2.75, 3.05) is 52.7 Å². The number of rotatable bonds is 6. The lowest BCUT2D eigenvalue weighted by atomic mass is 10.3. The molecule has 1 heterocycles. The number of nitrogens with zero attached hydrogens (tertiary/aromatic N) is 2. The normalized spacial score (nSPS) is 20.1. The fourth-order valence-electron chi connectivity index (χ4n) is 1.71. The quantitative estimate of drug-likeness (QED) is 0.458. The minimum absolute atomic E-state index is 0.189. The van der Waals surface area contributed by atoms with Crippen molar-refractivity contribution in [2.24, 2.45) is 0 Å². The van der Waals surface area contributed by atoms with Gasteiger partial charge in [0, 0.05) is 32.8 Å². The minimum Gasteiger partial charge on any atom is -0.395 e. The van der Waals surface area contributed by atoms with Gasteiger partial charge in [0.2, 0.25) is 0 Å². The van der Waals surface area contributed by atoms with Gasteiger partial charge in [-0.05, 0) is 6.42 Å². The van der Waals surface area contributed by atoms with Crippen molar-refractivity contribution in [3.63, 3.8) is 0 Å². The molecule has 0 atom stereocenters. The van der Waals surface area contributed by atoms with Crippen LogP contribution < -0.4 is 5.32 Å². The average Bonchev–Trinajstić information content (AvgIpc) is 2.19. The number of aliphatic hydroxyl groups is 2. The first-order valence-corrected chi connectivity index (χ1v) is 5.24. The molecule has 3 N–H and O–H groups in total. The predicted octanol–water partition coefficient (Wildman–Crippen LogP) is -1.52. The zero-order valence-corrected chi connectivity index (χ0v) is 8.65. The van der Waals surface area contributed by atoms with Gasteiger partial charge in [-0.25, -0.2) is 0 Å². The maximum absolute atomic E-state index is 8.81. The van der Waals surface area contributed by atoms with Gasteiger partial charge in [0.15, 0.2) is 0 Å². The van der Waals surface area contributed by atoms with Gasteiger partial charge in [-0.15, -0.1) is 0 Å². The number of β-amino-alcohol motifs (C(OH)–C–C–N with tert-alkyl or cyclic N) is 1. The lowest BCUT2D eigenvalue weighted by Crippen LogP contribution is -2.49. The van der Waals surface area contributed by atoms with Crippen LogP contribution in [-0.4, -0.2) is 72.7 Å². The number of aliphatic hydroxyl groups excluding tert-OH is 2. The molecular weight excluding hydrogens is 182 g/mol. The molecule has 0 aliphatic carbocycles. The van der Waals surface area contributed by atoms with Crippen LogP contribution in [0.1, 0.15) is 6.42 Å². The Kier molecular flexibility index (Phi) is 6.05. The minimum atomic E-state index is 0.189. The summed E-state index contributed by atoms with van der Waals surface area (Å²) >= 11 is 0. The smallest absolute Gasteiger partial charge is 0.0558 e. The monoisotopic (exact) mass is 203 g/mol. The molecule has 1 aliphatic heterocycles. The molecule has 1 rings (SSSR count). The van der Waals surface area contributed by atoms with E-state index in [1.165, 1.54) is 0 Å². The molecule has 5 heteroatoms. The van der Waals surface area contributed by atoms with Crippen LogP contribution in [0.15, 0.2) is 0 Å². The van der Waals surface area contributed by atoms with Crippen LogP contribution in [0.25, 0.3) is 0 Å². The van der Waals surface area contributed by atoms with E-state index in [1.54, 1.807) is 0 Å². The van der Waals surface area contributed by atoms with Crippen molar-refractivity contribution < 1.29 is 10.2 Å². The lowest BCUT2D eigenvalue weighted by molar-refractivity contribution is 0.0646. The van der Waals surface area contributed by atoms with Gasteiger partial charge in [-0.3, -0.25) is 9.80 Å². The molecule has 0 aromatic heterocycles. The predicted molar refractivity (Wildman–Crippen MR) is 54.8 cm³/mol. The van der Waals surface area contributed by atoms with E-state index in [-0.39, 0.29) is 13.2 Å². The Morgan fingerprint density at radius 2 is 1.86 bits per heavy atom. The number of hydrogen-bond acceptors (Lipinski definition) is 5. The number of hydrogen-bond donors (Lipinski definition) is 3. The third-order valence-corrected chi connectivity index (χ3v) is 2.39. The van der Waals surface area contributed by atoms with E-state index in [0.717, 1.165) is 39.4 Å². The van der Waals surface area contributed by atoms with Crippen molar-refractivity contribution in [1.29, 1.82) is 0 Å². The third-order valence-electron chi connectivity index (χ3n) is 2.39. The van der Waals surface area contributed by atoms with Crippen LogP contribution in [0.4, 0.5) is 0 Å². The SMILES string of the molecule is OCCNCN1CCCN(CCO)C1. The largest absolute Gasteiger partial charge is 0.395 e. The van der Waals surface area contributed by atoms with Crippen molar-refractivity contribution in [2.45, 2.75) is 6.42 Å². The lowest BCUT2D eigenvalue weighted by Gasteiger charge is -2.35. The highest BCUT2D eigenvalue weighted by Crippen LogP contribution is 2.03. The van der Waals surface area contributed by atoms with Gasteiger partial charge in [-0.1, -0.05) is 0 Å². The zero-order valence-electron chi connectivity index (χ0n) is 8.65. The summed E-state index contributed by atoms with van der Waals surface area (Å²) in [5.74, 6) is 0. The van der Waals surface area contributed by atoms with Crippen LogP contribution in [0.5, 0.6) is 0 Å². The Morgan fingerprint density at radius 3 is 2.57 bits per heavy atom. The highest BCUT2D eigenvalue weighted by atomic mass is 16.3. The topological polar surface area (TPSA) is 59.0 Å². The molecule has 14 heavy (non-hydrogen) atoms. The summed E-state index contributed by atoms with van der Waals surface area (Å²) in [6.45, 7) is 5.75. The van der Waals surface area contributed by atoms with Crippen LogP contribution in [0, 0.1) is 0 Å². The van der Waals surface area contributed by atoms with E-state index in [1.807, 2.05) is 0 Å². The third kappa shape index (κ3) is 4.34. The van der Waals surface area contributed by atoms with Crippen molar-refractivity contribution in [3.05, 3.63) is 0 Å². The fourth-order valence-corrected chi connectivity index (χ4v) is 1.71. The maximum atomic E-state index is 8.81. The highest BCUT2D eigenvalue weighted by Gasteiger charge is 2.15. The molecule has 0 unspecified atom stereocenters. The Bertz CT molecular complexity index is 144. The summed E-state index contributed by atoms with van der Waals surface area (Å²) in [7, 11) is 0. The fraction of sp³-hybridized carbons (Fsp3) is 1.00. The molecule has 1 fully saturated rings. The van der Waals surface area contributed by atoms with Crippen molar-refractivity contribution >= 4 is 0 Å². The van der Waals surface area contributed by atoms with E-state index in [9.17, 15) is 0 Å². The molecular formula is C9H21N3O2. The molecule has 0 amide bonds. The zero-order chi connectivity index (χ0) is 10.2. The van der Waals surface area contributed by atoms with Gasteiger partial charge in [0.25, 0.3) is 0 Å². The molecule has 5 nitrogen and oxygen atoms in total. The average molecular weight is 203 g/mol. The summed E-state index contributed by atoms with van der Waals surface area (Å²) in [6.07, 6.45) is 1.15. The highest BCUT2D eigenvalue weighted by molar-refractivity contribution is 4.67. The summed E-state index contributed by atoms with van der Waals surface area (Å²) < 4.78 is 0. The van der Waals surface area contributed by atoms with E-state index in [4.69, 9.17) is 10.2 Å². The molecule has 0 spiro atoms. The maximum Gasteiger partial charge on any atom is 0.0558 e. The molecule has 0 aromatic rings. The van der Waals surface area contributed by atoms with Crippen molar-refractivity contribution in [1.82, 2.24) is 15.1 Å². The first kappa shape index (κ1) is 11.9. The second-order valence-electron chi connectivity index (χ2n) is 3.61. The van der Waals surface area contributed by atoms with Crippen LogP contribution in [0.2, 0.25) is 0 Å². The van der Waals surface area contributed by atoms with Crippen LogP contribution in [0.3, 0.4) is 0 Å².